The first kappa shape index (κ1) is 17.8. The van der Waals surface area contributed by atoms with E-state index in [1.165, 1.54) is 6.92 Å². The van der Waals surface area contributed by atoms with Crippen LogP contribution in [0.1, 0.15) is 47.0 Å². The zero-order chi connectivity index (χ0) is 18.2. The molecule has 1 aliphatic carbocycles. The van der Waals surface area contributed by atoms with Crippen molar-refractivity contribution in [3.05, 3.63) is 24.3 Å². The number of rotatable bonds is 4. The van der Waals surface area contributed by atoms with E-state index in [1.54, 1.807) is 12.1 Å². The Morgan fingerprint density at radius 2 is 1.96 bits per heavy atom. The van der Waals surface area contributed by atoms with Crippen LogP contribution in [0.2, 0.25) is 0 Å². The monoisotopic (exact) mass is 344 g/mol. The number of benzene rings is 1. The number of hydrogen-bond donors (Lipinski definition) is 1. The van der Waals surface area contributed by atoms with Crippen molar-refractivity contribution in [2.75, 3.05) is 18.5 Å². The van der Waals surface area contributed by atoms with E-state index < -0.39 is 0 Å². The summed E-state index contributed by atoms with van der Waals surface area (Å²) in [5.74, 6) is 0.398. The molecule has 1 aliphatic heterocycles. The molecule has 1 aromatic carbocycles. The molecule has 2 aliphatic rings. The molecule has 1 saturated heterocycles. The summed E-state index contributed by atoms with van der Waals surface area (Å²) in [6, 6.07) is 7.51. The lowest BCUT2D eigenvalue weighted by molar-refractivity contribution is -0.134. The topological polar surface area (TPSA) is 58.6 Å². The summed E-state index contributed by atoms with van der Waals surface area (Å²) >= 11 is 0. The third-order valence-electron chi connectivity index (χ3n) is 5.28. The fraction of sp³-hybridized carbons (Fsp3) is 0.600. The fourth-order valence-corrected chi connectivity index (χ4v) is 4.86. The van der Waals surface area contributed by atoms with Gasteiger partial charge in [-0.05, 0) is 42.2 Å². The summed E-state index contributed by atoms with van der Waals surface area (Å²) in [6.45, 7) is 9.16. The molecule has 136 valence electrons. The predicted octanol–water partition coefficient (Wildman–Crippen LogP) is 3.45. The molecular formula is C20H28N2O3. The van der Waals surface area contributed by atoms with E-state index in [-0.39, 0.29) is 29.3 Å². The second kappa shape index (κ2) is 6.36. The van der Waals surface area contributed by atoms with Crippen LogP contribution in [-0.2, 0) is 9.59 Å². The average molecular weight is 344 g/mol. The number of anilines is 1. The van der Waals surface area contributed by atoms with E-state index in [4.69, 9.17) is 4.74 Å². The highest BCUT2D eigenvalue weighted by Crippen LogP contribution is 2.52. The van der Waals surface area contributed by atoms with Crippen LogP contribution in [0.4, 0.5) is 5.69 Å². The molecule has 5 heteroatoms. The first-order valence-corrected chi connectivity index (χ1v) is 8.96. The molecule has 1 aromatic rings. The molecule has 0 spiro atoms. The molecule has 2 amide bonds. The lowest BCUT2D eigenvalue weighted by Crippen LogP contribution is -2.40. The Balaban J connectivity index is 1.65. The molecule has 2 atom stereocenters. The van der Waals surface area contributed by atoms with Gasteiger partial charge in [0.05, 0.1) is 5.69 Å². The van der Waals surface area contributed by atoms with Crippen LogP contribution < -0.4 is 10.1 Å². The zero-order valence-corrected chi connectivity index (χ0v) is 15.6. The SMILES string of the molecule is CC(=O)Nc1ccccc1OCC(=O)N1C[C@@]2(C)C[C@@H]1CC(C)(C)C2. The lowest BCUT2D eigenvalue weighted by atomic mass is 9.65. The van der Waals surface area contributed by atoms with Gasteiger partial charge in [-0.25, -0.2) is 0 Å². The first-order chi connectivity index (χ1) is 11.7. The molecule has 0 radical (unpaired) electrons. The molecule has 0 unspecified atom stereocenters. The van der Waals surface area contributed by atoms with Crippen molar-refractivity contribution in [3.8, 4) is 5.75 Å². The van der Waals surface area contributed by atoms with Gasteiger partial charge in [-0.1, -0.05) is 32.9 Å². The Morgan fingerprint density at radius 1 is 1.24 bits per heavy atom. The van der Waals surface area contributed by atoms with Gasteiger partial charge in [-0.15, -0.1) is 0 Å². The largest absolute Gasteiger partial charge is 0.482 e. The molecular weight excluding hydrogens is 316 g/mol. The first-order valence-electron chi connectivity index (χ1n) is 8.96. The normalized spacial score (nSPS) is 27.0. The van der Waals surface area contributed by atoms with Crippen molar-refractivity contribution in [2.45, 2.75) is 53.0 Å². The highest BCUT2D eigenvalue weighted by atomic mass is 16.5. The van der Waals surface area contributed by atoms with E-state index in [2.05, 4.69) is 26.1 Å². The van der Waals surface area contributed by atoms with Gasteiger partial charge in [0.2, 0.25) is 5.91 Å². The summed E-state index contributed by atoms with van der Waals surface area (Å²) < 4.78 is 5.74. The molecule has 5 nitrogen and oxygen atoms in total. The number of ether oxygens (including phenoxy) is 1. The van der Waals surface area contributed by atoms with Gasteiger partial charge in [-0.3, -0.25) is 9.59 Å². The van der Waals surface area contributed by atoms with Gasteiger partial charge in [0, 0.05) is 19.5 Å². The minimum absolute atomic E-state index is 0.00358. The summed E-state index contributed by atoms with van der Waals surface area (Å²) in [4.78, 5) is 26.1. The lowest BCUT2D eigenvalue weighted by Gasteiger charge is -2.39. The number of likely N-dealkylation sites (tertiary alicyclic amines) is 1. The van der Waals surface area contributed by atoms with Crippen molar-refractivity contribution >= 4 is 17.5 Å². The van der Waals surface area contributed by atoms with Crippen LogP contribution in [0, 0.1) is 10.8 Å². The molecule has 25 heavy (non-hydrogen) atoms. The fourth-order valence-electron chi connectivity index (χ4n) is 4.86. The predicted molar refractivity (Wildman–Crippen MR) is 97.5 cm³/mol. The maximum absolute atomic E-state index is 12.8. The van der Waals surface area contributed by atoms with E-state index in [0.717, 1.165) is 25.8 Å². The van der Waals surface area contributed by atoms with Crippen molar-refractivity contribution in [2.24, 2.45) is 10.8 Å². The van der Waals surface area contributed by atoms with Crippen LogP contribution in [0.25, 0.3) is 0 Å². The molecule has 2 fully saturated rings. The standard InChI is InChI=1S/C20H28N2O3/c1-14(23)21-16-7-5-6-8-17(16)25-11-18(24)22-13-20(4)10-15(22)9-19(2,3)12-20/h5-8,15H,9-13H2,1-4H3,(H,21,23)/t15-,20-/m0/s1. The molecule has 1 saturated carbocycles. The summed E-state index contributed by atoms with van der Waals surface area (Å²) in [5, 5.41) is 2.73. The Bertz CT molecular complexity index is 685. The Labute approximate surface area is 149 Å². The smallest absolute Gasteiger partial charge is 0.260 e. The number of fused-ring (bicyclic) bond motifs is 2. The molecule has 1 heterocycles. The number of carbonyl (C=O) groups excluding carboxylic acids is 2. The number of amides is 2. The van der Waals surface area contributed by atoms with Crippen molar-refractivity contribution in [1.29, 1.82) is 0 Å². The zero-order valence-electron chi connectivity index (χ0n) is 15.6. The van der Waals surface area contributed by atoms with E-state index >= 15 is 0 Å². The number of nitrogens with one attached hydrogen (secondary N) is 1. The minimum atomic E-state index is -0.161. The summed E-state index contributed by atoms with van der Waals surface area (Å²) in [5.41, 5.74) is 1.10. The van der Waals surface area contributed by atoms with Crippen LogP contribution in [0.3, 0.4) is 0 Å². The maximum atomic E-state index is 12.8. The van der Waals surface area contributed by atoms with E-state index in [1.807, 2.05) is 17.0 Å². The van der Waals surface area contributed by atoms with Gasteiger partial charge in [0.15, 0.2) is 6.61 Å². The van der Waals surface area contributed by atoms with Gasteiger partial charge >= 0.3 is 0 Å². The number of carbonyl (C=O) groups is 2. The van der Waals surface area contributed by atoms with Crippen LogP contribution in [0.15, 0.2) is 24.3 Å². The number of nitrogens with zero attached hydrogens (tertiary/aromatic N) is 1. The summed E-state index contributed by atoms with van der Waals surface area (Å²) in [7, 11) is 0. The van der Waals surface area contributed by atoms with Crippen LogP contribution in [-0.4, -0.2) is 35.9 Å². The summed E-state index contributed by atoms with van der Waals surface area (Å²) in [6.07, 6.45) is 3.30. The van der Waals surface area contributed by atoms with Gasteiger partial charge in [0.25, 0.3) is 5.91 Å². The molecule has 0 aromatic heterocycles. The van der Waals surface area contributed by atoms with Gasteiger partial charge in [0.1, 0.15) is 5.75 Å². The third kappa shape index (κ3) is 3.97. The van der Waals surface area contributed by atoms with Crippen LogP contribution >= 0.6 is 0 Å². The molecule has 3 rings (SSSR count). The maximum Gasteiger partial charge on any atom is 0.260 e. The quantitative estimate of drug-likeness (QED) is 0.910. The van der Waals surface area contributed by atoms with Gasteiger partial charge in [-0.2, -0.15) is 0 Å². The minimum Gasteiger partial charge on any atom is -0.482 e. The van der Waals surface area contributed by atoms with Crippen molar-refractivity contribution in [3.63, 3.8) is 0 Å². The molecule has 1 N–H and O–H groups in total. The second-order valence-corrected chi connectivity index (χ2v) is 8.70. The third-order valence-corrected chi connectivity index (χ3v) is 5.28. The molecule has 2 bridgehead atoms. The number of para-hydroxylation sites is 2. The second-order valence-electron chi connectivity index (χ2n) is 8.70. The highest BCUT2D eigenvalue weighted by Gasteiger charge is 2.50. The average Bonchev–Trinajstić information content (AvgIpc) is 2.74. The Morgan fingerprint density at radius 3 is 2.68 bits per heavy atom. The van der Waals surface area contributed by atoms with E-state index in [9.17, 15) is 9.59 Å². The van der Waals surface area contributed by atoms with Crippen molar-refractivity contribution < 1.29 is 14.3 Å². The number of hydrogen-bond acceptors (Lipinski definition) is 3. The van der Waals surface area contributed by atoms with Crippen LogP contribution in [0.5, 0.6) is 5.75 Å². The Kier molecular flexibility index (Phi) is 4.52. The van der Waals surface area contributed by atoms with Gasteiger partial charge < -0.3 is 15.0 Å². The Hall–Kier alpha value is -2.04. The van der Waals surface area contributed by atoms with Crippen molar-refractivity contribution in [1.82, 2.24) is 4.90 Å². The van der Waals surface area contributed by atoms with E-state index in [0.29, 0.717) is 17.5 Å². The highest BCUT2D eigenvalue weighted by molar-refractivity contribution is 5.90.